The van der Waals surface area contributed by atoms with E-state index in [2.05, 4.69) is 24.5 Å². The minimum Gasteiger partial charge on any atom is -0.756 e. The molecule has 0 aromatic heterocycles. The number of aliphatic hydroxyl groups is 4. The molecule has 2 amide bonds. The molecule has 7 atom stereocenters. The first kappa shape index (κ1) is 70.9. The normalized spacial score (nSPS) is 18.5. The van der Waals surface area contributed by atoms with Gasteiger partial charge in [-0.25, -0.2) is 0 Å². The lowest BCUT2D eigenvalue weighted by Gasteiger charge is -2.39. The molecule has 1 heterocycles. The summed E-state index contributed by atoms with van der Waals surface area (Å²) >= 11 is 0. The quantitative estimate of drug-likeness (QED) is 0.0201. The zero-order valence-electron chi connectivity index (χ0n) is 47.9. The molecule has 1 aliphatic heterocycles. The van der Waals surface area contributed by atoms with Crippen molar-refractivity contribution in [1.29, 1.82) is 0 Å². The van der Waals surface area contributed by atoms with Crippen molar-refractivity contribution in [2.75, 3.05) is 39.5 Å². The maximum absolute atomic E-state index is 12.9. The molecular weight excluding hydrogens is 1020 g/mol. The average Bonchev–Trinajstić information content (AvgIpc) is 3.44. The van der Waals surface area contributed by atoms with Gasteiger partial charge in [-0.2, -0.15) is 0 Å². The predicted molar refractivity (Wildman–Crippen MR) is 299 cm³/mol. The molecule has 1 fully saturated rings. The van der Waals surface area contributed by atoms with Crippen LogP contribution in [0.1, 0.15) is 238 Å². The number of carbonyl (C=O) groups is 4. The lowest BCUT2D eigenvalue weighted by molar-refractivity contribution is -0.277. The van der Waals surface area contributed by atoms with Gasteiger partial charge in [0.25, 0.3) is 7.82 Å². The van der Waals surface area contributed by atoms with Gasteiger partial charge in [-0.15, -0.1) is 0 Å². The van der Waals surface area contributed by atoms with Gasteiger partial charge >= 0.3 is 11.9 Å². The second-order valence-corrected chi connectivity index (χ2v) is 22.6. The van der Waals surface area contributed by atoms with E-state index >= 15 is 0 Å². The van der Waals surface area contributed by atoms with Crippen molar-refractivity contribution in [2.24, 2.45) is 0 Å². The number of unbranched alkanes of at least 4 members (excludes halogenated alkanes) is 28. The van der Waals surface area contributed by atoms with Gasteiger partial charge in [0.15, 0.2) is 6.10 Å². The number of aliphatic hydroxyl groups excluding tert-OH is 4. The summed E-state index contributed by atoms with van der Waals surface area (Å²) in [5.74, 6) is -1.57. The van der Waals surface area contributed by atoms with E-state index in [0.29, 0.717) is 25.0 Å². The standard InChI is InChI=1S/C59H105N2O16P/c1-3-5-7-9-11-13-15-17-19-21-23-25-27-29-31-33-54(65)72-46-50(75-55(66)34-32-30-28-26-24-22-20-18-16-14-12-10-8-6-4-2)47-74-78(70,71)73-44-43-61-53(64)40-39-52(63)60-42-41-48-35-37-49(38-36-48)76-59-58(69)57(68)56(67)51(45-62)77-59/h35-38,50-51,56-59,62,67-69H,3-34,39-47H2,1-2H3,(H,60,63)(H,61,64)(H,70,71)/p-1/t50?,51?,56-,57?,58?,59+/m1/s1. The molecule has 19 heteroatoms. The molecule has 0 spiro atoms. The molecule has 1 aromatic carbocycles. The fourth-order valence-corrected chi connectivity index (χ4v) is 9.98. The summed E-state index contributed by atoms with van der Waals surface area (Å²) in [6.45, 7) is 2.53. The Hall–Kier alpha value is -3.19. The van der Waals surface area contributed by atoms with E-state index in [4.69, 9.17) is 28.0 Å². The van der Waals surface area contributed by atoms with Crippen LogP contribution in [-0.4, -0.2) is 121 Å². The summed E-state index contributed by atoms with van der Waals surface area (Å²) in [6, 6.07) is 6.65. The summed E-state index contributed by atoms with van der Waals surface area (Å²) in [5.41, 5.74) is 0.833. The Morgan fingerprint density at radius 2 is 1.00 bits per heavy atom. The lowest BCUT2D eigenvalue weighted by atomic mass is 9.99. The number of rotatable bonds is 51. The summed E-state index contributed by atoms with van der Waals surface area (Å²) in [4.78, 5) is 63.1. The minimum atomic E-state index is -4.93. The number of hydrogen-bond acceptors (Lipinski definition) is 16. The summed E-state index contributed by atoms with van der Waals surface area (Å²) in [7, 11) is -4.93. The maximum Gasteiger partial charge on any atom is 0.306 e. The molecule has 18 nitrogen and oxygen atoms in total. The van der Waals surface area contributed by atoms with Crippen molar-refractivity contribution in [3.05, 3.63) is 29.8 Å². The molecule has 0 bridgehead atoms. The number of esters is 2. The first-order valence-electron chi connectivity index (χ1n) is 30.3. The van der Waals surface area contributed by atoms with Crippen LogP contribution >= 0.6 is 7.82 Å². The van der Waals surface area contributed by atoms with Crippen LogP contribution < -0.4 is 20.3 Å². The zero-order chi connectivity index (χ0) is 56.9. The molecule has 452 valence electrons. The number of ether oxygens (including phenoxy) is 4. The monoisotopic (exact) mass is 1130 g/mol. The molecule has 78 heavy (non-hydrogen) atoms. The average molecular weight is 1130 g/mol. The van der Waals surface area contributed by atoms with Crippen molar-refractivity contribution >= 4 is 31.6 Å². The van der Waals surface area contributed by atoms with Gasteiger partial charge in [0.2, 0.25) is 18.1 Å². The second-order valence-electron chi connectivity index (χ2n) is 21.2. The van der Waals surface area contributed by atoms with E-state index in [-0.39, 0.29) is 51.3 Å². The van der Waals surface area contributed by atoms with Gasteiger partial charge in [-0.3, -0.25) is 23.7 Å². The Kier molecular flexibility index (Phi) is 42.2. The van der Waals surface area contributed by atoms with E-state index in [0.717, 1.165) is 44.1 Å². The SMILES string of the molecule is CCCCCCCCCCCCCCCCCC(=O)OCC(COP(=O)([O-])OCCNC(=O)CCC(=O)NCCc1ccc(O[C@H]2OC(CO)[C@@H](O)C(O)C2O)cc1)OC(=O)CCCCCCCCCCCCCCCCC. The second kappa shape index (κ2) is 46.4. The third-order valence-electron chi connectivity index (χ3n) is 14.1. The minimum absolute atomic E-state index is 0.120. The van der Waals surface area contributed by atoms with Crippen LogP contribution in [0, 0.1) is 0 Å². The molecule has 1 aliphatic rings. The Labute approximate surface area is 468 Å². The van der Waals surface area contributed by atoms with Crippen molar-refractivity contribution in [1.82, 2.24) is 10.6 Å². The van der Waals surface area contributed by atoms with Gasteiger partial charge in [-0.05, 0) is 37.0 Å². The largest absolute Gasteiger partial charge is 0.756 e. The van der Waals surface area contributed by atoms with Crippen LogP contribution in [0.15, 0.2) is 24.3 Å². The molecule has 6 N–H and O–H groups in total. The van der Waals surface area contributed by atoms with E-state index < -0.39 is 82.3 Å². The van der Waals surface area contributed by atoms with Crippen LogP contribution in [0.5, 0.6) is 5.75 Å². The van der Waals surface area contributed by atoms with E-state index in [1.807, 2.05) is 0 Å². The highest BCUT2D eigenvalue weighted by atomic mass is 31.2. The predicted octanol–water partition coefficient (Wildman–Crippen LogP) is 9.90. The van der Waals surface area contributed by atoms with Crippen LogP contribution in [0.4, 0.5) is 0 Å². The first-order valence-corrected chi connectivity index (χ1v) is 31.8. The molecule has 0 aliphatic carbocycles. The Bertz CT molecular complexity index is 1720. The number of hydrogen-bond donors (Lipinski definition) is 6. The number of phosphoric acid groups is 1. The van der Waals surface area contributed by atoms with Crippen LogP contribution in [-0.2, 0) is 53.4 Å². The number of amides is 2. The number of benzene rings is 1. The molecular formula is C59H104N2O16P-. The van der Waals surface area contributed by atoms with Gasteiger partial charge in [0.1, 0.15) is 36.8 Å². The molecule has 2 rings (SSSR count). The van der Waals surface area contributed by atoms with Crippen molar-refractivity contribution in [3.8, 4) is 5.75 Å². The van der Waals surface area contributed by atoms with Gasteiger partial charge in [0, 0.05) is 38.8 Å². The molecule has 1 aromatic rings. The van der Waals surface area contributed by atoms with E-state index in [1.165, 1.54) is 141 Å². The summed E-state index contributed by atoms with van der Waals surface area (Å²) in [5, 5.41) is 44.8. The Morgan fingerprint density at radius 3 is 1.46 bits per heavy atom. The molecule has 0 saturated carbocycles. The van der Waals surface area contributed by atoms with E-state index in [1.54, 1.807) is 24.3 Å². The fourth-order valence-electron chi connectivity index (χ4n) is 9.24. The summed E-state index contributed by atoms with van der Waals surface area (Å²) in [6.07, 6.45) is 28.3. The fraction of sp³-hybridized carbons (Fsp3) is 0.831. The topological polar surface area (TPSA) is 269 Å². The van der Waals surface area contributed by atoms with Gasteiger partial charge < -0.3 is 63.9 Å². The highest BCUT2D eigenvalue weighted by Gasteiger charge is 2.44. The summed E-state index contributed by atoms with van der Waals surface area (Å²) < 4.78 is 44.6. The molecule has 5 unspecified atom stereocenters. The maximum atomic E-state index is 12.9. The van der Waals surface area contributed by atoms with Gasteiger partial charge in [-0.1, -0.05) is 206 Å². The zero-order valence-corrected chi connectivity index (χ0v) is 48.8. The van der Waals surface area contributed by atoms with Crippen molar-refractivity contribution < 1.29 is 77.1 Å². The van der Waals surface area contributed by atoms with Crippen molar-refractivity contribution in [2.45, 2.75) is 275 Å². The smallest absolute Gasteiger partial charge is 0.306 e. The third kappa shape index (κ3) is 36.9. The molecule has 0 radical (unpaired) electrons. The highest BCUT2D eigenvalue weighted by Crippen LogP contribution is 2.38. The van der Waals surface area contributed by atoms with Crippen molar-refractivity contribution in [3.63, 3.8) is 0 Å². The van der Waals surface area contributed by atoms with Crippen LogP contribution in [0.25, 0.3) is 0 Å². The Morgan fingerprint density at radius 1 is 0.564 bits per heavy atom. The van der Waals surface area contributed by atoms with Crippen LogP contribution in [0.2, 0.25) is 0 Å². The van der Waals surface area contributed by atoms with E-state index in [9.17, 15) is 49.1 Å². The van der Waals surface area contributed by atoms with Gasteiger partial charge in [0.05, 0.1) is 19.8 Å². The Balaban J connectivity index is 1.68. The first-order chi connectivity index (χ1) is 37.8. The highest BCUT2D eigenvalue weighted by molar-refractivity contribution is 7.45. The number of carbonyl (C=O) groups excluding carboxylic acids is 4. The lowest BCUT2D eigenvalue weighted by Crippen LogP contribution is -2.60. The number of nitrogens with one attached hydrogen (secondary N) is 2. The molecule has 1 saturated heterocycles. The third-order valence-corrected chi connectivity index (χ3v) is 15.1. The van der Waals surface area contributed by atoms with Crippen LogP contribution in [0.3, 0.4) is 0 Å². The number of phosphoric ester groups is 1.